The second-order valence-corrected chi connectivity index (χ2v) is 14.8. The van der Waals surface area contributed by atoms with Gasteiger partial charge in [0.15, 0.2) is 0 Å². The van der Waals surface area contributed by atoms with Gasteiger partial charge in [0.2, 0.25) is 0 Å². The minimum absolute atomic E-state index is 0.0972. The first-order valence-electron chi connectivity index (χ1n) is 16.0. The number of aliphatic hydroxyl groups is 1. The predicted octanol–water partition coefficient (Wildman–Crippen LogP) is 5.46. The Labute approximate surface area is 273 Å². The maximum Gasteiger partial charge on any atom is 0.305 e. The van der Waals surface area contributed by atoms with Crippen molar-refractivity contribution in [2.24, 2.45) is 0 Å². The number of aromatic amines is 1. The van der Waals surface area contributed by atoms with Crippen LogP contribution in [0.25, 0.3) is 10.2 Å². The van der Waals surface area contributed by atoms with E-state index in [-0.39, 0.29) is 16.4 Å². The van der Waals surface area contributed by atoms with Gasteiger partial charge in [0.25, 0.3) is 5.91 Å². The Kier molecular flexibility index (Phi) is 9.89. The SMILES string of the molecule is Cc1ccc([C@@H](O)CNCCc2cccc(CN3CCC4(CC3)CN(C(=O)c3csc(C(C)C)c3)CCO4)c2)c2sc(=O)[nH]c12. The summed E-state index contributed by atoms with van der Waals surface area (Å²) in [4.78, 5) is 33.7. The molecule has 2 aliphatic rings. The van der Waals surface area contributed by atoms with Crippen LogP contribution in [-0.2, 0) is 17.7 Å². The first-order valence-corrected chi connectivity index (χ1v) is 17.7. The molecule has 2 aromatic heterocycles. The monoisotopic (exact) mass is 648 g/mol. The van der Waals surface area contributed by atoms with Crippen LogP contribution in [0.3, 0.4) is 0 Å². The van der Waals surface area contributed by atoms with E-state index in [0.717, 1.165) is 83.7 Å². The number of carbonyl (C=O) groups excluding carboxylic acids is 1. The van der Waals surface area contributed by atoms with Gasteiger partial charge >= 0.3 is 4.87 Å². The fourth-order valence-corrected chi connectivity index (χ4v) is 8.43. The van der Waals surface area contributed by atoms with Crippen molar-refractivity contribution in [3.05, 3.63) is 90.2 Å². The van der Waals surface area contributed by atoms with Gasteiger partial charge in [-0.25, -0.2) is 0 Å². The van der Waals surface area contributed by atoms with Gasteiger partial charge in [-0.15, -0.1) is 11.3 Å². The van der Waals surface area contributed by atoms with E-state index in [1.54, 1.807) is 11.3 Å². The smallest absolute Gasteiger partial charge is 0.305 e. The molecule has 4 heterocycles. The second-order valence-electron chi connectivity index (χ2n) is 12.9. The molecular weight excluding hydrogens is 605 g/mol. The number of morpholine rings is 1. The number of nitrogens with zero attached hydrogens (tertiary/aromatic N) is 2. The third-order valence-corrected chi connectivity index (χ3v) is 11.4. The van der Waals surface area contributed by atoms with E-state index in [1.807, 2.05) is 29.3 Å². The highest BCUT2D eigenvalue weighted by Crippen LogP contribution is 2.33. The molecule has 1 atom stereocenters. The standard InChI is InChI=1S/C35H44N4O4S2/c1-23(2)30-18-27(21-44-30)33(41)39-15-16-43-35(22-39)10-13-38(14-11-35)20-26-6-4-5-25(17-26)9-12-36-19-29(40)28-8-7-24(3)31-32(28)45-34(42)37-31/h4-8,17-18,21,23,29,36,40H,9-16,19-20,22H2,1-3H3,(H,37,42)/t29-/m0/s1. The van der Waals surface area contributed by atoms with Crippen LogP contribution < -0.4 is 10.2 Å². The summed E-state index contributed by atoms with van der Waals surface area (Å²) < 4.78 is 7.19. The Hall–Kier alpha value is -2.86. The summed E-state index contributed by atoms with van der Waals surface area (Å²) >= 11 is 2.83. The Bertz CT molecular complexity index is 1680. The van der Waals surface area contributed by atoms with Gasteiger partial charge in [-0.2, -0.15) is 0 Å². The molecule has 2 saturated heterocycles. The summed E-state index contributed by atoms with van der Waals surface area (Å²) in [5, 5.41) is 16.2. The molecule has 1 spiro atoms. The van der Waals surface area contributed by atoms with E-state index < -0.39 is 6.10 Å². The lowest BCUT2D eigenvalue weighted by Gasteiger charge is -2.47. The summed E-state index contributed by atoms with van der Waals surface area (Å²) in [5.74, 6) is 0.570. The number of carbonyl (C=O) groups is 1. The third kappa shape index (κ3) is 7.42. The molecule has 0 aliphatic carbocycles. The lowest BCUT2D eigenvalue weighted by atomic mass is 9.89. The average molecular weight is 649 g/mol. The quantitative estimate of drug-likeness (QED) is 0.198. The Morgan fingerprint density at radius 3 is 2.71 bits per heavy atom. The molecule has 0 unspecified atom stereocenters. The molecule has 2 aromatic carbocycles. The van der Waals surface area contributed by atoms with E-state index in [0.29, 0.717) is 32.2 Å². The molecule has 10 heteroatoms. The normalized spacial score (nSPS) is 17.8. The van der Waals surface area contributed by atoms with Gasteiger partial charge in [-0.3, -0.25) is 14.5 Å². The van der Waals surface area contributed by atoms with Gasteiger partial charge in [0.1, 0.15) is 0 Å². The average Bonchev–Trinajstić information content (AvgIpc) is 3.69. The maximum absolute atomic E-state index is 13.3. The minimum atomic E-state index is -0.681. The van der Waals surface area contributed by atoms with E-state index in [2.05, 4.69) is 59.4 Å². The Morgan fingerprint density at radius 1 is 1.13 bits per heavy atom. The van der Waals surface area contributed by atoms with Gasteiger partial charge in [0, 0.05) is 48.5 Å². The van der Waals surface area contributed by atoms with Crippen LogP contribution in [0.2, 0.25) is 0 Å². The highest BCUT2D eigenvalue weighted by Gasteiger charge is 2.41. The number of rotatable bonds is 10. The third-order valence-electron chi connectivity index (χ3n) is 9.24. The fraction of sp³-hybridized carbons (Fsp3) is 0.486. The van der Waals surface area contributed by atoms with Gasteiger partial charge in [0.05, 0.1) is 40.6 Å². The number of aryl methyl sites for hydroxylation is 1. The molecule has 8 nitrogen and oxygen atoms in total. The maximum atomic E-state index is 13.3. The van der Waals surface area contributed by atoms with Crippen LogP contribution in [-0.4, -0.2) is 77.3 Å². The number of hydrogen-bond acceptors (Lipinski definition) is 8. The van der Waals surface area contributed by atoms with Crippen LogP contribution in [0.5, 0.6) is 0 Å². The number of H-pyrrole nitrogens is 1. The number of amides is 1. The lowest BCUT2D eigenvalue weighted by Crippen LogP contribution is -2.57. The van der Waals surface area contributed by atoms with Crippen molar-refractivity contribution in [2.45, 2.75) is 64.2 Å². The number of likely N-dealkylation sites (tertiary alicyclic amines) is 1. The number of ether oxygens (including phenoxy) is 1. The number of nitrogens with one attached hydrogen (secondary N) is 2. The molecule has 240 valence electrons. The lowest BCUT2D eigenvalue weighted by molar-refractivity contribution is -0.127. The van der Waals surface area contributed by atoms with Crippen molar-refractivity contribution in [1.29, 1.82) is 0 Å². The zero-order chi connectivity index (χ0) is 31.6. The molecule has 3 N–H and O–H groups in total. The zero-order valence-corrected chi connectivity index (χ0v) is 28.1. The van der Waals surface area contributed by atoms with E-state index >= 15 is 0 Å². The number of fused-ring (bicyclic) bond motifs is 1. The largest absolute Gasteiger partial charge is 0.387 e. The number of thiazole rings is 1. The summed E-state index contributed by atoms with van der Waals surface area (Å²) in [6.07, 6.45) is 2.04. The van der Waals surface area contributed by atoms with Crippen molar-refractivity contribution in [3.63, 3.8) is 0 Å². The molecule has 2 aliphatic heterocycles. The van der Waals surface area contributed by atoms with Crippen LogP contribution in [0.1, 0.15) is 76.2 Å². The van der Waals surface area contributed by atoms with Crippen molar-refractivity contribution in [3.8, 4) is 0 Å². The number of hydrogen-bond donors (Lipinski definition) is 3. The molecule has 0 radical (unpaired) electrons. The molecule has 0 bridgehead atoms. The fourth-order valence-electron chi connectivity index (χ4n) is 6.56. The Morgan fingerprint density at radius 2 is 1.93 bits per heavy atom. The van der Waals surface area contributed by atoms with Crippen LogP contribution in [0.15, 0.2) is 52.6 Å². The number of aromatic nitrogens is 1. The zero-order valence-electron chi connectivity index (χ0n) is 26.4. The van der Waals surface area contributed by atoms with Crippen LogP contribution in [0, 0.1) is 6.92 Å². The van der Waals surface area contributed by atoms with Crippen molar-refractivity contribution in [2.75, 3.05) is 45.9 Å². The first kappa shape index (κ1) is 32.1. The Balaban J connectivity index is 0.967. The van der Waals surface area contributed by atoms with Gasteiger partial charge < -0.3 is 25.0 Å². The van der Waals surface area contributed by atoms with Crippen molar-refractivity contribution >= 4 is 38.8 Å². The summed E-state index contributed by atoms with van der Waals surface area (Å²) in [7, 11) is 0. The number of benzene rings is 2. The molecule has 4 aromatic rings. The number of piperidine rings is 1. The number of thiophene rings is 1. The molecule has 0 saturated carbocycles. The molecule has 2 fully saturated rings. The first-order chi connectivity index (χ1) is 21.7. The summed E-state index contributed by atoms with van der Waals surface area (Å²) in [6, 6.07) is 14.7. The topological polar surface area (TPSA) is 97.9 Å². The van der Waals surface area contributed by atoms with Crippen molar-refractivity contribution in [1.82, 2.24) is 20.1 Å². The van der Waals surface area contributed by atoms with Gasteiger partial charge in [-0.05, 0) is 61.4 Å². The van der Waals surface area contributed by atoms with Crippen LogP contribution in [0.4, 0.5) is 0 Å². The highest BCUT2D eigenvalue weighted by atomic mass is 32.1. The van der Waals surface area contributed by atoms with E-state index in [9.17, 15) is 14.7 Å². The summed E-state index contributed by atoms with van der Waals surface area (Å²) in [5.41, 5.74) is 5.75. The van der Waals surface area contributed by atoms with Crippen molar-refractivity contribution < 1.29 is 14.6 Å². The highest BCUT2D eigenvalue weighted by molar-refractivity contribution is 7.16. The summed E-state index contributed by atoms with van der Waals surface area (Å²) in [6.45, 7) is 12.2. The van der Waals surface area contributed by atoms with Gasteiger partial charge in [-0.1, -0.05) is 61.6 Å². The predicted molar refractivity (Wildman–Crippen MR) is 183 cm³/mol. The molecular formula is C35H44N4O4S2. The molecule has 6 rings (SSSR count). The van der Waals surface area contributed by atoms with E-state index in [1.165, 1.54) is 16.0 Å². The number of aliphatic hydroxyl groups excluding tert-OH is 1. The van der Waals surface area contributed by atoms with Crippen LogP contribution >= 0.6 is 22.7 Å². The van der Waals surface area contributed by atoms with E-state index in [4.69, 9.17) is 4.74 Å². The molecule has 1 amide bonds. The minimum Gasteiger partial charge on any atom is -0.387 e. The second kappa shape index (κ2) is 13.9. The molecule has 45 heavy (non-hydrogen) atoms.